The molecule has 0 aliphatic heterocycles. The van der Waals surface area contributed by atoms with E-state index in [9.17, 15) is 14.4 Å². The van der Waals surface area contributed by atoms with Gasteiger partial charge in [0.2, 0.25) is 5.91 Å². The van der Waals surface area contributed by atoms with Gasteiger partial charge in [0.25, 0.3) is 11.8 Å². The number of amides is 3. The average Bonchev–Trinajstić information content (AvgIpc) is 3.41. The number of hydrogen-bond acceptors (Lipinski definition) is 4. The molecule has 0 aliphatic carbocycles. The molecular weight excluding hydrogens is 605 g/mol. The summed E-state index contributed by atoms with van der Waals surface area (Å²) in [5, 5.41) is 10.6. The summed E-state index contributed by atoms with van der Waals surface area (Å²) < 4.78 is 2.28. The smallest absolute Gasteiger partial charge is 0.272 e. The maximum absolute atomic E-state index is 13.5. The number of nitrogens with one attached hydrogen (secondary N) is 3. The van der Waals surface area contributed by atoms with Crippen LogP contribution in [0.25, 0.3) is 27.9 Å². The van der Waals surface area contributed by atoms with Crippen molar-refractivity contribution in [3.63, 3.8) is 0 Å². The largest absolute Gasteiger partial charge is 0.341 e. The molecule has 0 saturated carbocycles. The number of aryl methyl sites for hydroxylation is 1. The van der Waals surface area contributed by atoms with Crippen LogP contribution >= 0.6 is 11.8 Å². The van der Waals surface area contributed by atoms with Crippen LogP contribution in [0.2, 0.25) is 0 Å². The van der Waals surface area contributed by atoms with Crippen LogP contribution < -0.4 is 16.0 Å². The van der Waals surface area contributed by atoms with E-state index in [1.54, 1.807) is 36.4 Å². The maximum Gasteiger partial charge on any atom is 0.272 e. The highest BCUT2D eigenvalue weighted by molar-refractivity contribution is 8.00. The van der Waals surface area contributed by atoms with Gasteiger partial charge >= 0.3 is 0 Å². The van der Waals surface area contributed by atoms with Crippen LogP contribution in [0.5, 0.6) is 0 Å². The van der Waals surface area contributed by atoms with E-state index in [1.807, 2.05) is 85.8 Å². The first-order valence-electron chi connectivity index (χ1n) is 15.4. The number of carbonyl (C=O) groups excluding carboxylic acids is 3. The van der Waals surface area contributed by atoms with Crippen molar-refractivity contribution in [2.45, 2.75) is 30.5 Å². The summed E-state index contributed by atoms with van der Waals surface area (Å²) in [6.07, 6.45) is 1.64. The lowest BCUT2D eigenvalue weighted by Crippen LogP contribution is -2.30. The number of fused-ring (bicyclic) bond motifs is 3. The number of nitrogens with zero attached hydrogens (tertiary/aromatic N) is 1. The van der Waals surface area contributed by atoms with Gasteiger partial charge < -0.3 is 20.5 Å². The Morgan fingerprint density at radius 2 is 1.40 bits per heavy atom. The van der Waals surface area contributed by atoms with Gasteiger partial charge in [-0.15, -0.1) is 11.8 Å². The van der Waals surface area contributed by atoms with Gasteiger partial charge in [0.1, 0.15) is 5.70 Å². The normalized spacial score (nSPS) is 12.1. The molecule has 1 heterocycles. The van der Waals surface area contributed by atoms with E-state index >= 15 is 0 Å². The fourth-order valence-electron chi connectivity index (χ4n) is 5.48. The van der Waals surface area contributed by atoms with E-state index < -0.39 is 11.2 Å². The SMILES string of the molecule is CCn1c2ccccc2c2cc(NC(=O)C(C)Sc3cccc(NC(=O)/C(=C/c4ccccc4)NC(=O)c4ccccc4)c3)ccc21. The van der Waals surface area contributed by atoms with Crippen molar-refractivity contribution in [3.05, 3.63) is 144 Å². The van der Waals surface area contributed by atoms with E-state index in [0.29, 0.717) is 11.3 Å². The van der Waals surface area contributed by atoms with Gasteiger partial charge in [0.15, 0.2) is 0 Å². The number of rotatable bonds is 10. The monoisotopic (exact) mass is 638 g/mol. The van der Waals surface area contributed by atoms with Gasteiger partial charge in [-0.3, -0.25) is 14.4 Å². The first-order valence-corrected chi connectivity index (χ1v) is 16.3. The molecule has 3 amide bonds. The standard InChI is InChI=1S/C39H34N4O3S/c1-3-43-35-20-11-10-19-32(35)33-25-30(21-22-36(33)43)40-37(44)26(2)47-31-18-12-17-29(24-31)41-39(46)34(23-27-13-6-4-7-14-27)42-38(45)28-15-8-5-9-16-28/h4-26H,3H2,1-2H3,(H,40,44)(H,41,46)(H,42,45)/b34-23-. The molecule has 3 N–H and O–H groups in total. The lowest BCUT2D eigenvalue weighted by molar-refractivity contribution is -0.115. The van der Waals surface area contributed by atoms with Crippen molar-refractivity contribution >= 4 is 68.7 Å². The quantitative estimate of drug-likeness (QED) is 0.104. The summed E-state index contributed by atoms with van der Waals surface area (Å²) in [5.74, 6) is -0.979. The average molecular weight is 639 g/mol. The molecule has 5 aromatic carbocycles. The van der Waals surface area contributed by atoms with Gasteiger partial charge in [0, 0.05) is 50.2 Å². The third-order valence-corrected chi connectivity index (χ3v) is 8.86. The molecule has 0 aliphatic rings. The van der Waals surface area contributed by atoms with Gasteiger partial charge in [-0.25, -0.2) is 0 Å². The van der Waals surface area contributed by atoms with Crippen LogP contribution in [0.1, 0.15) is 29.8 Å². The second-order valence-electron chi connectivity index (χ2n) is 11.0. The molecule has 47 heavy (non-hydrogen) atoms. The summed E-state index contributed by atoms with van der Waals surface area (Å²) in [6.45, 7) is 4.84. The maximum atomic E-state index is 13.5. The second-order valence-corrected chi connectivity index (χ2v) is 12.4. The lowest BCUT2D eigenvalue weighted by Gasteiger charge is -2.14. The molecule has 0 spiro atoms. The highest BCUT2D eigenvalue weighted by Gasteiger charge is 2.18. The zero-order chi connectivity index (χ0) is 32.8. The molecule has 7 nitrogen and oxygen atoms in total. The van der Waals surface area contributed by atoms with Crippen LogP contribution in [0.4, 0.5) is 11.4 Å². The number of anilines is 2. The van der Waals surface area contributed by atoms with E-state index in [4.69, 9.17) is 0 Å². The van der Waals surface area contributed by atoms with Crippen molar-refractivity contribution < 1.29 is 14.4 Å². The minimum atomic E-state index is -0.467. The summed E-state index contributed by atoms with van der Waals surface area (Å²) in [4.78, 5) is 40.5. The minimum absolute atomic E-state index is 0.106. The Hall–Kier alpha value is -5.60. The van der Waals surface area contributed by atoms with Crippen molar-refractivity contribution in [2.75, 3.05) is 10.6 Å². The van der Waals surface area contributed by atoms with Crippen molar-refractivity contribution in [1.82, 2.24) is 9.88 Å². The van der Waals surface area contributed by atoms with Gasteiger partial charge in [-0.2, -0.15) is 0 Å². The molecule has 6 rings (SSSR count). The topological polar surface area (TPSA) is 92.2 Å². The van der Waals surface area contributed by atoms with Gasteiger partial charge in [0.05, 0.1) is 5.25 Å². The zero-order valence-electron chi connectivity index (χ0n) is 26.1. The van der Waals surface area contributed by atoms with Crippen molar-refractivity contribution in [1.29, 1.82) is 0 Å². The molecule has 0 fully saturated rings. The van der Waals surface area contributed by atoms with Gasteiger partial charge in [-0.05, 0) is 80.1 Å². The lowest BCUT2D eigenvalue weighted by atomic mass is 10.1. The highest BCUT2D eigenvalue weighted by Crippen LogP contribution is 2.32. The summed E-state index contributed by atoms with van der Waals surface area (Å²) >= 11 is 1.39. The second kappa shape index (κ2) is 14.2. The molecule has 0 radical (unpaired) electrons. The summed E-state index contributed by atoms with van der Waals surface area (Å²) in [5.41, 5.74) is 4.90. The summed E-state index contributed by atoms with van der Waals surface area (Å²) in [6, 6.07) is 39.7. The molecule has 1 aromatic heterocycles. The first kappa shape index (κ1) is 31.4. The Labute approximate surface area is 277 Å². The van der Waals surface area contributed by atoms with Crippen LogP contribution in [0, 0.1) is 0 Å². The van der Waals surface area contributed by atoms with E-state index in [0.717, 1.165) is 39.0 Å². The Morgan fingerprint density at radius 1 is 0.723 bits per heavy atom. The van der Waals surface area contributed by atoms with Crippen LogP contribution in [-0.4, -0.2) is 27.5 Å². The Morgan fingerprint density at radius 3 is 2.17 bits per heavy atom. The molecule has 0 saturated heterocycles. The fraction of sp³-hybridized carbons (Fsp3) is 0.103. The number of thioether (sulfide) groups is 1. The van der Waals surface area contributed by atoms with Crippen LogP contribution in [0.3, 0.4) is 0 Å². The molecular formula is C39H34N4O3S. The molecule has 6 aromatic rings. The Bertz CT molecular complexity index is 2110. The van der Waals surface area contributed by atoms with Crippen LogP contribution in [-0.2, 0) is 16.1 Å². The van der Waals surface area contributed by atoms with Crippen molar-refractivity contribution in [3.8, 4) is 0 Å². The Kier molecular flexibility index (Phi) is 9.50. The van der Waals surface area contributed by atoms with Crippen LogP contribution in [0.15, 0.2) is 138 Å². The minimum Gasteiger partial charge on any atom is -0.341 e. The zero-order valence-corrected chi connectivity index (χ0v) is 26.9. The Balaban J connectivity index is 1.14. The molecule has 8 heteroatoms. The number of carbonyl (C=O) groups is 3. The summed E-state index contributed by atoms with van der Waals surface area (Å²) in [7, 11) is 0. The third kappa shape index (κ3) is 7.29. The third-order valence-electron chi connectivity index (χ3n) is 7.77. The van der Waals surface area contributed by atoms with Gasteiger partial charge in [-0.1, -0.05) is 72.8 Å². The predicted molar refractivity (Wildman–Crippen MR) is 192 cm³/mol. The number of benzene rings is 5. The fourth-order valence-corrected chi connectivity index (χ4v) is 6.40. The first-order chi connectivity index (χ1) is 22.9. The molecule has 1 unspecified atom stereocenters. The number of para-hydroxylation sites is 1. The van der Waals surface area contributed by atoms with E-state index in [2.05, 4.69) is 45.6 Å². The van der Waals surface area contributed by atoms with E-state index in [-0.39, 0.29) is 17.5 Å². The number of aromatic nitrogens is 1. The van der Waals surface area contributed by atoms with E-state index in [1.165, 1.54) is 17.3 Å². The van der Waals surface area contributed by atoms with Crippen molar-refractivity contribution in [2.24, 2.45) is 0 Å². The number of hydrogen-bond donors (Lipinski definition) is 3. The molecule has 1 atom stereocenters. The molecule has 234 valence electrons. The predicted octanol–water partition coefficient (Wildman–Crippen LogP) is 8.34. The highest BCUT2D eigenvalue weighted by atomic mass is 32.2. The molecule has 0 bridgehead atoms.